The molecule has 0 bridgehead atoms. The van der Waals surface area contributed by atoms with Crippen LogP contribution in [0, 0.1) is 5.92 Å². The third-order valence-corrected chi connectivity index (χ3v) is 3.67. The van der Waals surface area contributed by atoms with Crippen molar-refractivity contribution in [2.24, 2.45) is 5.92 Å². The molecule has 0 spiro atoms. The standard InChI is InChI=1S/C14H24N2O4/c1-14(2,3)20-13(19)15-6-4-10(5-7-15)12(18)16-8-11(17)9-16/h10-11,17H,4-9H2,1-3H3. The van der Waals surface area contributed by atoms with Gasteiger partial charge in [-0.15, -0.1) is 0 Å². The van der Waals surface area contributed by atoms with E-state index in [1.807, 2.05) is 20.8 Å². The molecule has 0 aliphatic carbocycles. The van der Waals surface area contributed by atoms with Crippen molar-refractivity contribution >= 4 is 12.0 Å². The lowest BCUT2D eigenvalue weighted by molar-refractivity contribution is -0.147. The van der Waals surface area contributed by atoms with Gasteiger partial charge in [0.2, 0.25) is 5.91 Å². The summed E-state index contributed by atoms with van der Waals surface area (Å²) >= 11 is 0. The molecule has 20 heavy (non-hydrogen) atoms. The predicted molar refractivity (Wildman–Crippen MR) is 73.1 cm³/mol. The Morgan fingerprint density at radius 3 is 2.10 bits per heavy atom. The highest BCUT2D eigenvalue weighted by molar-refractivity contribution is 5.80. The SMILES string of the molecule is CC(C)(C)OC(=O)N1CCC(C(=O)N2CC(O)C2)CC1. The lowest BCUT2D eigenvalue weighted by Crippen LogP contribution is -2.56. The first-order valence-electron chi connectivity index (χ1n) is 7.21. The number of piperidine rings is 1. The van der Waals surface area contributed by atoms with Gasteiger partial charge in [-0.25, -0.2) is 4.79 Å². The number of nitrogens with zero attached hydrogens (tertiary/aromatic N) is 2. The van der Waals surface area contributed by atoms with E-state index in [1.54, 1.807) is 9.80 Å². The van der Waals surface area contributed by atoms with Gasteiger partial charge in [0, 0.05) is 32.1 Å². The molecular formula is C14H24N2O4. The Morgan fingerprint density at radius 2 is 1.65 bits per heavy atom. The monoisotopic (exact) mass is 284 g/mol. The maximum Gasteiger partial charge on any atom is 0.410 e. The van der Waals surface area contributed by atoms with E-state index in [4.69, 9.17) is 4.74 Å². The highest BCUT2D eigenvalue weighted by Gasteiger charge is 2.36. The number of hydrogen-bond donors (Lipinski definition) is 1. The number of amides is 2. The molecule has 2 amide bonds. The van der Waals surface area contributed by atoms with Crippen LogP contribution in [-0.4, -0.2) is 64.8 Å². The Bertz CT molecular complexity index is 377. The fraction of sp³-hybridized carbons (Fsp3) is 0.857. The van der Waals surface area contributed by atoms with E-state index in [9.17, 15) is 14.7 Å². The van der Waals surface area contributed by atoms with Crippen molar-refractivity contribution in [2.75, 3.05) is 26.2 Å². The topological polar surface area (TPSA) is 70.1 Å². The van der Waals surface area contributed by atoms with Crippen LogP contribution in [0.4, 0.5) is 4.79 Å². The van der Waals surface area contributed by atoms with Crippen molar-refractivity contribution in [3.05, 3.63) is 0 Å². The molecule has 2 aliphatic rings. The highest BCUT2D eigenvalue weighted by Crippen LogP contribution is 2.23. The number of likely N-dealkylation sites (tertiary alicyclic amines) is 2. The quantitative estimate of drug-likeness (QED) is 0.774. The normalized spacial score (nSPS) is 21.6. The molecule has 2 fully saturated rings. The third kappa shape index (κ3) is 3.62. The molecule has 6 heteroatoms. The van der Waals surface area contributed by atoms with Crippen molar-refractivity contribution < 1.29 is 19.4 Å². The summed E-state index contributed by atoms with van der Waals surface area (Å²) < 4.78 is 5.33. The number of aliphatic hydroxyl groups is 1. The average molecular weight is 284 g/mol. The number of carbonyl (C=O) groups excluding carboxylic acids is 2. The predicted octanol–water partition coefficient (Wildman–Crippen LogP) is 0.837. The molecule has 0 atom stereocenters. The van der Waals surface area contributed by atoms with Gasteiger partial charge in [-0.2, -0.15) is 0 Å². The summed E-state index contributed by atoms with van der Waals surface area (Å²) in [5.74, 6) is 0.0836. The van der Waals surface area contributed by atoms with Crippen LogP contribution >= 0.6 is 0 Å². The van der Waals surface area contributed by atoms with Crippen LogP contribution in [0.3, 0.4) is 0 Å². The fourth-order valence-corrected chi connectivity index (χ4v) is 2.53. The first-order chi connectivity index (χ1) is 9.26. The average Bonchev–Trinajstić information content (AvgIpc) is 2.32. The maximum atomic E-state index is 12.1. The number of β-amino-alcohol motifs (C(OH)–C–C–N with tert-alkyl or cyclic N) is 1. The molecule has 2 aliphatic heterocycles. The van der Waals surface area contributed by atoms with Gasteiger partial charge in [-0.05, 0) is 33.6 Å². The molecule has 2 heterocycles. The van der Waals surface area contributed by atoms with E-state index in [-0.39, 0.29) is 24.0 Å². The molecule has 0 aromatic heterocycles. The number of carbonyl (C=O) groups is 2. The van der Waals surface area contributed by atoms with E-state index in [2.05, 4.69) is 0 Å². The first kappa shape index (κ1) is 15.1. The highest BCUT2D eigenvalue weighted by atomic mass is 16.6. The largest absolute Gasteiger partial charge is 0.444 e. The van der Waals surface area contributed by atoms with Crippen LogP contribution in [0.5, 0.6) is 0 Å². The Hall–Kier alpha value is -1.30. The Balaban J connectivity index is 1.77. The van der Waals surface area contributed by atoms with Crippen molar-refractivity contribution in [1.29, 1.82) is 0 Å². The van der Waals surface area contributed by atoms with E-state index < -0.39 is 5.60 Å². The van der Waals surface area contributed by atoms with Gasteiger partial charge in [-0.3, -0.25) is 4.79 Å². The van der Waals surface area contributed by atoms with E-state index in [1.165, 1.54) is 0 Å². The van der Waals surface area contributed by atoms with Crippen LogP contribution in [0.1, 0.15) is 33.6 Å². The minimum atomic E-state index is -0.489. The van der Waals surface area contributed by atoms with Crippen LogP contribution in [0.15, 0.2) is 0 Å². The Kier molecular flexibility index (Phi) is 4.22. The van der Waals surface area contributed by atoms with E-state index in [0.29, 0.717) is 39.0 Å². The zero-order chi connectivity index (χ0) is 14.9. The molecule has 0 radical (unpaired) electrons. The van der Waals surface area contributed by atoms with Crippen LogP contribution in [0.2, 0.25) is 0 Å². The lowest BCUT2D eigenvalue weighted by Gasteiger charge is -2.40. The van der Waals surface area contributed by atoms with Gasteiger partial charge < -0.3 is 19.6 Å². The summed E-state index contributed by atoms with van der Waals surface area (Å²) in [6.07, 6.45) is 0.679. The van der Waals surface area contributed by atoms with E-state index >= 15 is 0 Å². The maximum absolute atomic E-state index is 12.1. The molecule has 2 rings (SSSR count). The minimum Gasteiger partial charge on any atom is -0.444 e. The van der Waals surface area contributed by atoms with Crippen molar-refractivity contribution in [3.8, 4) is 0 Å². The van der Waals surface area contributed by atoms with Crippen LogP contribution < -0.4 is 0 Å². The summed E-state index contributed by atoms with van der Waals surface area (Å²) in [6, 6.07) is 0. The third-order valence-electron chi connectivity index (χ3n) is 3.67. The number of aliphatic hydroxyl groups excluding tert-OH is 1. The van der Waals surface area contributed by atoms with Gasteiger partial charge in [0.05, 0.1) is 6.10 Å². The lowest BCUT2D eigenvalue weighted by atomic mass is 9.94. The fourth-order valence-electron chi connectivity index (χ4n) is 2.53. The summed E-state index contributed by atoms with van der Waals surface area (Å²) in [6.45, 7) is 7.54. The zero-order valence-electron chi connectivity index (χ0n) is 12.5. The number of rotatable bonds is 1. The summed E-state index contributed by atoms with van der Waals surface area (Å²) in [7, 11) is 0. The molecule has 114 valence electrons. The molecule has 0 saturated carbocycles. The van der Waals surface area contributed by atoms with Gasteiger partial charge in [0.25, 0.3) is 0 Å². The number of ether oxygens (including phenoxy) is 1. The molecule has 1 N–H and O–H groups in total. The number of hydrogen-bond acceptors (Lipinski definition) is 4. The van der Waals surface area contributed by atoms with Gasteiger partial charge in [0.1, 0.15) is 5.60 Å². The first-order valence-corrected chi connectivity index (χ1v) is 7.21. The molecule has 2 saturated heterocycles. The second kappa shape index (κ2) is 5.60. The summed E-state index contributed by atoms with van der Waals surface area (Å²) in [5, 5.41) is 9.23. The Morgan fingerprint density at radius 1 is 1.10 bits per heavy atom. The summed E-state index contributed by atoms with van der Waals surface area (Å²) in [5.41, 5.74) is -0.489. The molecule has 0 aromatic rings. The smallest absolute Gasteiger partial charge is 0.410 e. The van der Waals surface area contributed by atoms with Gasteiger partial charge >= 0.3 is 6.09 Å². The summed E-state index contributed by atoms with van der Waals surface area (Å²) in [4.78, 5) is 27.4. The van der Waals surface area contributed by atoms with Crippen molar-refractivity contribution in [1.82, 2.24) is 9.80 Å². The minimum absolute atomic E-state index is 0.0267. The molecule has 0 unspecified atom stereocenters. The Labute approximate surface area is 119 Å². The molecule has 0 aromatic carbocycles. The molecular weight excluding hydrogens is 260 g/mol. The second-order valence-corrected chi connectivity index (χ2v) is 6.64. The van der Waals surface area contributed by atoms with Crippen molar-refractivity contribution in [3.63, 3.8) is 0 Å². The van der Waals surface area contributed by atoms with Gasteiger partial charge in [0.15, 0.2) is 0 Å². The van der Waals surface area contributed by atoms with Gasteiger partial charge in [-0.1, -0.05) is 0 Å². The molecule has 6 nitrogen and oxygen atoms in total. The second-order valence-electron chi connectivity index (χ2n) is 6.64. The van der Waals surface area contributed by atoms with E-state index in [0.717, 1.165) is 0 Å². The van der Waals surface area contributed by atoms with Crippen molar-refractivity contribution in [2.45, 2.75) is 45.3 Å². The zero-order valence-corrected chi connectivity index (χ0v) is 12.5. The van der Waals surface area contributed by atoms with Crippen LogP contribution in [-0.2, 0) is 9.53 Å². The van der Waals surface area contributed by atoms with Crippen LogP contribution in [0.25, 0.3) is 0 Å².